The summed E-state index contributed by atoms with van der Waals surface area (Å²) in [6.07, 6.45) is 2.46. The fraction of sp³-hybridized carbons (Fsp3) is 0.519. The Labute approximate surface area is 202 Å². The standard InChI is InChI=1S/C27H37N3O4/c1-6-34-24-9-7-8-20(26(24)31)22-17-21(19-10-11-23(32-4)25(16-19)33-5)28-27(29-22)12-14-30(15-13-27)18(2)3/h7-11,16,18,22,29,31H,6,12-15,17H2,1-5H3/t22-/m1/s1. The summed E-state index contributed by atoms with van der Waals surface area (Å²) in [7, 11) is 3.29. The number of aliphatic imine (C=N–C) groups is 1. The van der Waals surface area contributed by atoms with Crippen molar-refractivity contribution in [2.75, 3.05) is 33.9 Å². The molecule has 1 saturated heterocycles. The second-order valence-corrected chi connectivity index (χ2v) is 9.32. The molecular formula is C27H37N3O4. The van der Waals surface area contributed by atoms with Crippen LogP contribution in [-0.4, -0.2) is 61.3 Å². The molecule has 1 fully saturated rings. The van der Waals surface area contributed by atoms with Gasteiger partial charge in [-0.05, 0) is 63.4 Å². The van der Waals surface area contributed by atoms with Gasteiger partial charge in [-0.2, -0.15) is 0 Å². The van der Waals surface area contributed by atoms with E-state index in [0.29, 0.717) is 36.3 Å². The second kappa shape index (κ2) is 10.2. The van der Waals surface area contributed by atoms with E-state index in [4.69, 9.17) is 19.2 Å². The van der Waals surface area contributed by atoms with Crippen molar-refractivity contribution < 1.29 is 19.3 Å². The van der Waals surface area contributed by atoms with E-state index in [9.17, 15) is 5.11 Å². The molecule has 0 bridgehead atoms. The molecule has 1 spiro atoms. The van der Waals surface area contributed by atoms with Crippen molar-refractivity contribution in [3.63, 3.8) is 0 Å². The topological polar surface area (TPSA) is 75.5 Å². The van der Waals surface area contributed by atoms with Gasteiger partial charge in [0.05, 0.1) is 20.8 Å². The summed E-state index contributed by atoms with van der Waals surface area (Å²) in [5.74, 6) is 2.09. The molecule has 4 rings (SSSR count). The Morgan fingerprint density at radius 3 is 2.47 bits per heavy atom. The zero-order chi connectivity index (χ0) is 24.3. The van der Waals surface area contributed by atoms with Crippen LogP contribution in [0.3, 0.4) is 0 Å². The number of phenolic OH excluding ortho intramolecular Hbond substituents is 1. The first-order chi connectivity index (χ1) is 16.4. The lowest BCUT2D eigenvalue weighted by atomic mass is 9.87. The quantitative estimate of drug-likeness (QED) is 0.623. The number of rotatable bonds is 7. The number of para-hydroxylation sites is 1. The number of phenols is 1. The van der Waals surface area contributed by atoms with Gasteiger partial charge < -0.3 is 24.2 Å². The minimum atomic E-state index is -0.384. The number of ether oxygens (including phenoxy) is 3. The van der Waals surface area contributed by atoms with E-state index in [1.807, 2.05) is 43.3 Å². The van der Waals surface area contributed by atoms with Gasteiger partial charge in [0, 0.05) is 42.9 Å². The average molecular weight is 468 g/mol. The maximum absolute atomic E-state index is 11.0. The number of nitrogens with zero attached hydrogens (tertiary/aromatic N) is 2. The maximum atomic E-state index is 11.0. The summed E-state index contributed by atoms with van der Waals surface area (Å²) >= 11 is 0. The van der Waals surface area contributed by atoms with Crippen molar-refractivity contribution in [2.24, 2.45) is 4.99 Å². The van der Waals surface area contributed by atoms with Crippen molar-refractivity contribution in [3.05, 3.63) is 47.5 Å². The molecule has 34 heavy (non-hydrogen) atoms. The second-order valence-electron chi connectivity index (χ2n) is 9.32. The highest BCUT2D eigenvalue weighted by atomic mass is 16.5. The third kappa shape index (κ3) is 4.86. The Morgan fingerprint density at radius 2 is 1.82 bits per heavy atom. The van der Waals surface area contributed by atoms with Crippen LogP contribution in [0.5, 0.6) is 23.0 Å². The SMILES string of the molecule is CCOc1cccc([C@H]2CC(c3ccc(OC)c(OC)c3)=NC3(CCN(C(C)C)CC3)N2)c1O. The summed E-state index contributed by atoms with van der Waals surface area (Å²) in [5, 5.41) is 14.9. The van der Waals surface area contributed by atoms with E-state index in [1.165, 1.54) is 0 Å². The van der Waals surface area contributed by atoms with Crippen LogP contribution in [-0.2, 0) is 0 Å². The van der Waals surface area contributed by atoms with Crippen molar-refractivity contribution in [2.45, 2.75) is 57.8 Å². The number of nitrogens with one attached hydrogen (secondary N) is 1. The lowest BCUT2D eigenvalue weighted by Crippen LogP contribution is -2.56. The Hall–Kier alpha value is -2.77. The number of benzene rings is 2. The minimum absolute atomic E-state index is 0.0911. The monoisotopic (exact) mass is 467 g/mol. The number of hydrogen-bond acceptors (Lipinski definition) is 7. The highest BCUT2D eigenvalue weighted by molar-refractivity contribution is 6.02. The third-order valence-corrected chi connectivity index (χ3v) is 6.97. The summed E-state index contributed by atoms with van der Waals surface area (Å²) in [6, 6.07) is 12.1. The fourth-order valence-electron chi connectivity index (χ4n) is 5.05. The molecule has 7 nitrogen and oxygen atoms in total. The summed E-state index contributed by atoms with van der Waals surface area (Å²) in [5.41, 5.74) is 2.47. The Kier molecular flexibility index (Phi) is 7.33. The van der Waals surface area contributed by atoms with E-state index in [-0.39, 0.29) is 17.5 Å². The fourth-order valence-corrected chi connectivity index (χ4v) is 5.05. The van der Waals surface area contributed by atoms with Crippen LogP contribution in [0.15, 0.2) is 41.4 Å². The predicted octanol–water partition coefficient (Wildman–Crippen LogP) is 4.53. The largest absolute Gasteiger partial charge is 0.504 e. The van der Waals surface area contributed by atoms with Gasteiger partial charge in [-0.1, -0.05) is 12.1 Å². The van der Waals surface area contributed by atoms with Crippen LogP contribution in [0.4, 0.5) is 0 Å². The third-order valence-electron chi connectivity index (χ3n) is 6.97. The van der Waals surface area contributed by atoms with Gasteiger partial charge in [-0.25, -0.2) is 0 Å². The van der Waals surface area contributed by atoms with Crippen molar-refractivity contribution in [3.8, 4) is 23.0 Å². The van der Waals surface area contributed by atoms with Crippen molar-refractivity contribution in [1.29, 1.82) is 0 Å². The number of hydrogen-bond donors (Lipinski definition) is 2. The van der Waals surface area contributed by atoms with E-state index < -0.39 is 0 Å². The summed E-state index contributed by atoms with van der Waals surface area (Å²) in [6.45, 7) is 8.86. The Morgan fingerprint density at radius 1 is 1.09 bits per heavy atom. The van der Waals surface area contributed by atoms with Gasteiger partial charge in [0.25, 0.3) is 0 Å². The first kappa shape index (κ1) is 24.4. The smallest absolute Gasteiger partial charge is 0.162 e. The number of methoxy groups -OCH3 is 2. The highest BCUT2D eigenvalue weighted by Gasteiger charge is 2.41. The van der Waals surface area contributed by atoms with Gasteiger partial charge in [0.1, 0.15) is 5.66 Å². The van der Waals surface area contributed by atoms with Crippen molar-refractivity contribution >= 4 is 5.71 Å². The van der Waals surface area contributed by atoms with Crippen LogP contribution in [0.1, 0.15) is 57.2 Å². The first-order valence-corrected chi connectivity index (χ1v) is 12.2. The summed E-state index contributed by atoms with van der Waals surface area (Å²) in [4.78, 5) is 7.80. The van der Waals surface area contributed by atoms with Gasteiger partial charge in [-0.3, -0.25) is 10.3 Å². The molecule has 2 N–H and O–H groups in total. The molecule has 2 heterocycles. The van der Waals surface area contributed by atoms with Crippen LogP contribution in [0, 0.1) is 0 Å². The molecule has 2 aliphatic heterocycles. The van der Waals surface area contributed by atoms with E-state index >= 15 is 0 Å². The van der Waals surface area contributed by atoms with Gasteiger partial charge in [0.2, 0.25) is 0 Å². The van der Waals surface area contributed by atoms with Gasteiger partial charge in [-0.15, -0.1) is 0 Å². The Balaban J connectivity index is 1.73. The average Bonchev–Trinajstić information content (AvgIpc) is 2.85. The minimum Gasteiger partial charge on any atom is -0.504 e. The molecular weight excluding hydrogens is 430 g/mol. The molecule has 7 heteroatoms. The van der Waals surface area contributed by atoms with Crippen LogP contribution >= 0.6 is 0 Å². The van der Waals surface area contributed by atoms with Crippen LogP contribution in [0.25, 0.3) is 0 Å². The molecule has 0 radical (unpaired) electrons. The summed E-state index contributed by atoms with van der Waals surface area (Å²) < 4.78 is 16.7. The molecule has 1 atom stereocenters. The lowest BCUT2D eigenvalue weighted by Gasteiger charge is -2.46. The molecule has 0 aliphatic carbocycles. The van der Waals surface area contributed by atoms with E-state index in [2.05, 4.69) is 24.1 Å². The molecule has 0 unspecified atom stereocenters. The van der Waals surface area contributed by atoms with Gasteiger partial charge in [0.15, 0.2) is 23.0 Å². The van der Waals surface area contributed by atoms with Crippen LogP contribution in [0.2, 0.25) is 0 Å². The number of aromatic hydroxyl groups is 1. The molecule has 184 valence electrons. The maximum Gasteiger partial charge on any atom is 0.162 e. The zero-order valence-corrected chi connectivity index (χ0v) is 20.9. The molecule has 0 aromatic heterocycles. The normalized spacial score (nSPS) is 20.3. The molecule has 0 saturated carbocycles. The number of likely N-dealkylation sites (tertiary alicyclic amines) is 1. The van der Waals surface area contributed by atoms with E-state index in [0.717, 1.165) is 42.8 Å². The Bertz CT molecular complexity index is 1030. The van der Waals surface area contributed by atoms with E-state index in [1.54, 1.807) is 14.2 Å². The zero-order valence-electron chi connectivity index (χ0n) is 20.9. The molecule has 2 aliphatic rings. The predicted molar refractivity (Wildman–Crippen MR) is 135 cm³/mol. The van der Waals surface area contributed by atoms with Crippen molar-refractivity contribution in [1.82, 2.24) is 10.2 Å². The lowest BCUT2D eigenvalue weighted by molar-refractivity contribution is 0.103. The molecule has 2 aromatic rings. The number of piperidine rings is 1. The first-order valence-electron chi connectivity index (χ1n) is 12.2. The highest BCUT2D eigenvalue weighted by Crippen LogP contribution is 2.41. The molecule has 0 amide bonds. The van der Waals surface area contributed by atoms with Gasteiger partial charge >= 0.3 is 0 Å². The molecule has 2 aromatic carbocycles. The van der Waals surface area contributed by atoms with Crippen LogP contribution < -0.4 is 19.5 Å².